The molecule has 4 saturated heterocycles. The summed E-state index contributed by atoms with van der Waals surface area (Å²) in [4.78, 5) is 44.4. The van der Waals surface area contributed by atoms with E-state index in [9.17, 15) is 28.6 Å². The van der Waals surface area contributed by atoms with Gasteiger partial charge in [0.1, 0.15) is 12.1 Å². The number of nitrogens with one attached hydrogen (secondary N) is 4. The maximum atomic E-state index is 14.5. The Morgan fingerprint density at radius 2 is 1.71 bits per heavy atom. The molecule has 5 rings (SSSR count). The van der Waals surface area contributed by atoms with Crippen LogP contribution < -0.4 is 10.6 Å². The number of nitrogens with zero attached hydrogens (tertiary/aromatic N) is 4. The molecule has 11 nitrogen and oxygen atoms in total. The predicted octanol–water partition coefficient (Wildman–Crippen LogP) is 3.05. The highest BCUT2D eigenvalue weighted by molar-refractivity contribution is 5.87. The lowest BCUT2D eigenvalue weighted by Crippen LogP contribution is -2.61. The lowest BCUT2D eigenvalue weighted by molar-refractivity contribution is -0.133. The van der Waals surface area contributed by atoms with Gasteiger partial charge in [-0.1, -0.05) is 12.2 Å². The molecule has 0 saturated carbocycles. The fraction of sp³-hybridized carbons (Fsp3) is 0.694. The zero-order valence-corrected chi connectivity index (χ0v) is 29.0. The van der Waals surface area contributed by atoms with E-state index >= 15 is 0 Å². The summed E-state index contributed by atoms with van der Waals surface area (Å²) in [6, 6.07) is -0.267. The Hall–Kier alpha value is -3.45. The van der Waals surface area contributed by atoms with Crippen LogP contribution in [0.25, 0.3) is 0 Å². The quantitative estimate of drug-likeness (QED) is 0.149. The minimum atomic E-state index is -2.72. The number of allylic oxidation sites excluding steroid dienone is 3. The molecule has 5 aliphatic rings. The standard InChI is InChI=1S/C36H54F2N8O3/c1-24(48)45-15-9-32(42-28-7-13-44(14-8-28)34(49)18-25-5-11-43(12-6-25)16-17-47)31(23-45)36(40)46-10-3-4-26-19-29(27(21-39)22-41-2)30(35(37)38)20-33(26)46/h17,19-22,25-26,28,31-33,35,39-42H,3-16,18,23H2,1-2H3/b27-22+,39-21?,40-36?. The average Bonchev–Trinajstić information content (AvgIpc) is 3.10. The van der Waals surface area contributed by atoms with Gasteiger partial charge in [-0.15, -0.1) is 0 Å². The third-order valence-electron chi connectivity index (χ3n) is 11.3. The normalized spacial score (nSPS) is 27.7. The number of carbonyl (C=O) groups excluding carboxylic acids is 3. The Balaban J connectivity index is 1.23. The van der Waals surface area contributed by atoms with E-state index in [4.69, 9.17) is 5.41 Å². The smallest absolute Gasteiger partial charge is 0.264 e. The molecular weight excluding hydrogens is 630 g/mol. The number of amidine groups is 1. The van der Waals surface area contributed by atoms with Crippen LogP contribution in [-0.4, -0.2) is 134 Å². The van der Waals surface area contributed by atoms with Crippen molar-refractivity contribution in [3.05, 3.63) is 35.1 Å². The zero-order chi connectivity index (χ0) is 35.1. The molecule has 2 amide bonds. The van der Waals surface area contributed by atoms with Gasteiger partial charge in [-0.2, -0.15) is 0 Å². The van der Waals surface area contributed by atoms with Crippen LogP contribution in [0.5, 0.6) is 0 Å². The van der Waals surface area contributed by atoms with Crippen molar-refractivity contribution in [2.45, 2.75) is 82.8 Å². The summed E-state index contributed by atoms with van der Waals surface area (Å²) < 4.78 is 28.9. The second kappa shape index (κ2) is 17.0. The van der Waals surface area contributed by atoms with Crippen molar-refractivity contribution >= 4 is 30.2 Å². The van der Waals surface area contributed by atoms with Gasteiger partial charge in [0.05, 0.1) is 12.6 Å². The molecule has 0 bridgehead atoms. The van der Waals surface area contributed by atoms with Gasteiger partial charge < -0.3 is 35.5 Å². The molecule has 4 heterocycles. The van der Waals surface area contributed by atoms with Gasteiger partial charge >= 0.3 is 0 Å². The van der Waals surface area contributed by atoms with E-state index in [1.165, 1.54) is 0 Å². The number of rotatable bonds is 11. The van der Waals surface area contributed by atoms with Crippen LogP contribution in [0.1, 0.15) is 58.3 Å². The van der Waals surface area contributed by atoms with Crippen LogP contribution in [0, 0.1) is 28.6 Å². The molecule has 13 heteroatoms. The van der Waals surface area contributed by atoms with Crippen molar-refractivity contribution in [2.75, 3.05) is 59.4 Å². The number of aldehydes is 1. The van der Waals surface area contributed by atoms with Crippen molar-refractivity contribution in [1.82, 2.24) is 30.2 Å². The summed E-state index contributed by atoms with van der Waals surface area (Å²) in [5.41, 5.74) is 0.663. The van der Waals surface area contributed by atoms with Crippen LogP contribution in [0.3, 0.4) is 0 Å². The number of fused-ring (bicyclic) bond motifs is 1. The largest absolute Gasteiger partial charge is 0.393 e. The zero-order valence-electron chi connectivity index (χ0n) is 29.0. The summed E-state index contributed by atoms with van der Waals surface area (Å²) in [5, 5.41) is 24.0. The van der Waals surface area contributed by atoms with E-state index < -0.39 is 12.5 Å². The lowest BCUT2D eigenvalue weighted by Gasteiger charge is -2.48. The van der Waals surface area contributed by atoms with Gasteiger partial charge in [0.2, 0.25) is 11.8 Å². The topological polar surface area (TPSA) is 136 Å². The number of amides is 2. The minimum absolute atomic E-state index is 0.0328. The molecule has 0 aromatic heterocycles. The highest BCUT2D eigenvalue weighted by atomic mass is 19.3. The summed E-state index contributed by atoms with van der Waals surface area (Å²) >= 11 is 0. The number of alkyl halides is 2. The highest BCUT2D eigenvalue weighted by Crippen LogP contribution is 2.39. The molecule has 49 heavy (non-hydrogen) atoms. The van der Waals surface area contributed by atoms with Gasteiger partial charge in [-0.3, -0.25) is 19.9 Å². The van der Waals surface area contributed by atoms with Crippen LogP contribution in [0.15, 0.2) is 35.1 Å². The van der Waals surface area contributed by atoms with E-state index in [1.807, 2.05) is 15.9 Å². The van der Waals surface area contributed by atoms with E-state index in [0.29, 0.717) is 75.0 Å². The Morgan fingerprint density at radius 3 is 2.35 bits per heavy atom. The third kappa shape index (κ3) is 8.83. The summed E-state index contributed by atoms with van der Waals surface area (Å²) in [6.07, 6.45) is 10.7. The van der Waals surface area contributed by atoms with E-state index in [0.717, 1.165) is 64.1 Å². The second-order valence-electron chi connectivity index (χ2n) is 14.3. The van der Waals surface area contributed by atoms with Gasteiger partial charge in [0.15, 0.2) is 0 Å². The Kier molecular flexibility index (Phi) is 12.8. The molecule has 4 unspecified atom stereocenters. The summed E-state index contributed by atoms with van der Waals surface area (Å²) in [7, 11) is 1.68. The Bertz CT molecular complexity index is 1320. The molecule has 4 aliphatic heterocycles. The number of hydrogen-bond donors (Lipinski definition) is 4. The van der Waals surface area contributed by atoms with Crippen LogP contribution in [-0.2, 0) is 14.4 Å². The Labute approximate surface area is 289 Å². The SMILES string of the molecule is CN/C=C(\C=N)C1=CC2CCCN(C(=N)C3CN(C(C)=O)CCC3NC3CCN(C(=O)CC4CCN(CC=O)CC4)CC3)C2C=C1C(F)F. The molecule has 0 aromatic rings. The minimum Gasteiger partial charge on any atom is -0.393 e. The molecule has 4 N–H and O–H groups in total. The van der Waals surface area contributed by atoms with Crippen molar-refractivity contribution in [1.29, 1.82) is 10.8 Å². The first-order valence-corrected chi connectivity index (χ1v) is 18.0. The van der Waals surface area contributed by atoms with E-state index in [-0.39, 0.29) is 41.3 Å². The molecule has 1 aliphatic carbocycles. The molecule has 270 valence electrons. The van der Waals surface area contributed by atoms with E-state index in [2.05, 4.69) is 15.5 Å². The first kappa shape index (κ1) is 36.8. The lowest BCUT2D eigenvalue weighted by atomic mass is 9.78. The Morgan fingerprint density at radius 1 is 1.00 bits per heavy atom. The first-order chi connectivity index (χ1) is 23.6. The molecule has 0 radical (unpaired) electrons. The average molecular weight is 685 g/mol. The number of halogens is 2. The molecule has 4 fully saturated rings. The fourth-order valence-electron chi connectivity index (χ4n) is 8.50. The summed E-state index contributed by atoms with van der Waals surface area (Å²) in [5.74, 6) is 0.545. The molecular formula is C36H54F2N8O3. The number of carbonyl (C=O) groups is 3. The maximum Gasteiger partial charge on any atom is 0.264 e. The van der Waals surface area contributed by atoms with Crippen molar-refractivity contribution in [3.63, 3.8) is 0 Å². The highest BCUT2D eigenvalue weighted by Gasteiger charge is 2.42. The molecule has 0 spiro atoms. The van der Waals surface area contributed by atoms with Gasteiger partial charge in [0.25, 0.3) is 6.43 Å². The second-order valence-corrected chi connectivity index (χ2v) is 14.3. The van der Waals surface area contributed by atoms with Gasteiger partial charge in [0, 0.05) is 101 Å². The fourth-order valence-corrected chi connectivity index (χ4v) is 8.50. The molecule has 0 aromatic carbocycles. The van der Waals surface area contributed by atoms with Crippen molar-refractivity contribution < 1.29 is 23.2 Å². The summed E-state index contributed by atoms with van der Waals surface area (Å²) in [6.45, 7) is 6.68. The van der Waals surface area contributed by atoms with Crippen molar-refractivity contribution in [3.8, 4) is 0 Å². The van der Waals surface area contributed by atoms with Gasteiger partial charge in [-0.05, 0) is 69.5 Å². The van der Waals surface area contributed by atoms with Crippen molar-refractivity contribution in [2.24, 2.45) is 17.8 Å². The van der Waals surface area contributed by atoms with Crippen LogP contribution >= 0.6 is 0 Å². The monoisotopic (exact) mass is 684 g/mol. The maximum absolute atomic E-state index is 14.5. The number of piperidine rings is 4. The van der Waals surface area contributed by atoms with Crippen LogP contribution in [0.2, 0.25) is 0 Å². The number of hydrogen-bond acceptors (Lipinski definition) is 8. The predicted molar refractivity (Wildman–Crippen MR) is 186 cm³/mol. The van der Waals surface area contributed by atoms with Gasteiger partial charge in [-0.25, -0.2) is 8.78 Å². The van der Waals surface area contributed by atoms with E-state index in [1.54, 1.807) is 31.1 Å². The molecule has 4 atom stereocenters. The first-order valence-electron chi connectivity index (χ1n) is 18.0. The third-order valence-corrected chi connectivity index (χ3v) is 11.3. The number of likely N-dealkylation sites (tertiary alicyclic amines) is 4. The van der Waals surface area contributed by atoms with Crippen LogP contribution in [0.4, 0.5) is 8.78 Å².